The summed E-state index contributed by atoms with van der Waals surface area (Å²) in [6, 6.07) is 0. The second-order valence-corrected chi connectivity index (χ2v) is 5.29. The summed E-state index contributed by atoms with van der Waals surface area (Å²) in [6.07, 6.45) is 5.55. The minimum Gasteiger partial charge on any atom is -0.377 e. The van der Waals surface area contributed by atoms with E-state index in [1.165, 1.54) is 19.3 Å². The SMILES string of the molecule is ClC(COCC1CO1)C12CCCCC1O2. The first-order chi connectivity index (χ1) is 7.31. The molecule has 0 aromatic rings. The largest absolute Gasteiger partial charge is 0.377 e. The van der Waals surface area contributed by atoms with Crippen molar-refractivity contribution in [3.05, 3.63) is 0 Å². The van der Waals surface area contributed by atoms with Crippen LogP contribution in [0.1, 0.15) is 25.7 Å². The van der Waals surface area contributed by atoms with E-state index in [9.17, 15) is 0 Å². The molecule has 3 fully saturated rings. The van der Waals surface area contributed by atoms with Crippen LogP contribution in [0.5, 0.6) is 0 Å². The van der Waals surface area contributed by atoms with E-state index >= 15 is 0 Å². The molecule has 2 aliphatic heterocycles. The Balaban J connectivity index is 1.44. The molecule has 1 aliphatic carbocycles. The highest BCUT2D eigenvalue weighted by molar-refractivity contribution is 6.21. The zero-order valence-corrected chi connectivity index (χ0v) is 9.54. The van der Waals surface area contributed by atoms with Crippen molar-refractivity contribution in [2.75, 3.05) is 19.8 Å². The molecule has 86 valence electrons. The maximum absolute atomic E-state index is 6.36. The third-order valence-corrected chi connectivity index (χ3v) is 4.13. The minimum atomic E-state index is -0.0375. The molecular weight excluding hydrogens is 216 g/mol. The quantitative estimate of drug-likeness (QED) is 0.535. The zero-order chi connectivity index (χ0) is 10.3. The molecular formula is C11H17ClO3. The lowest BCUT2D eigenvalue weighted by atomic mass is 9.87. The molecule has 0 bridgehead atoms. The Morgan fingerprint density at radius 3 is 3.07 bits per heavy atom. The summed E-state index contributed by atoms with van der Waals surface area (Å²) in [7, 11) is 0. The van der Waals surface area contributed by atoms with Crippen LogP contribution in [-0.2, 0) is 14.2 Å². The van der Waals surface area contributed by atoms with Gasteiger partial charge < -0.3 is 14.2 Å². The number of ether oxygens (including phenoxy) is 3. The van der Waals surface area contributed by atoms with Gasteiger partial charge in [0, 0.05) is 0 Å². The Morgan fingerprint density at radius 1 is 1.47 bits per heavy atom. The van der Waals surface area contributed by atoms with Gasteiger partial charge in [0.05, 0.1) is 31.3 Å². The van der Waals surface area contributed by atoms with Crippen LogP contribution >= 0.6 is 11.6 Å². The molecule has 4 heteroatoms. The fourth-order valence-corrected chi connectivity index (χ4v) is 2.92. The topological polar surface area (TPSA) is 34.3 Å². The summed E-state index contributed by atoms with van der Waals surface area (Å²) < 4.78 is 16.4. The van der Waals surface area contributed by atoms with Crippen molar-refractivity contribution in [1.82, 2.24) is 0 Å². The van der Waals surface area contributed by atoms with Crippen molar-refractivity contribution in [3.63, 3.8) is 0 Å². The molecule has 2 saturated heterocycles. The van der Waals surface area contributed by atoms with Crippen LogP contribution in [-0.4, -0.2) is 43.0 Å². The van der Waals surface area contributed by atoms with Gasteiger partial charge >= 0.3 is 0 Å². The van der Waals surface area contributed by atoms with Crippen molar-refractivity contribution in [2.24, 2.45) is 0 Å². The molecule has 4 unspecified atom stereocenters. The molecule has 3 rings (SSSR count). The van der Waals surface area contributed by atoms with Gasteiger partial charge in [-0.05, 0) is 12.8 Å². The Hall–Kier alpha value is 0.170. The summed E-state index contributed by atoms with van der Waals surface area (Å²) in [5.41, 5.74) is -0.0375. The van der Waals surface area contributed by atoms with Crippen molar-refractivity contribution in [1.29, 1.82) is 0 Å². The first-order valence-electron chi connectivity index (χ1n) is 5.82. The monoisotopic (exact) mass is 232 g/mol. The summed E-state index contributed by atoms with van der Waals surface area (Å²) in [6.45, 7) is 2.12. The standard InChI is InChI=1S/C11H17ClO3/c12-9(7-13-5-8-6-14-8)11-4-2-1-3-10(11)15-11/h8-10H,1-7H2. The van der Waals surface area contributed by atoms with E-state index in [0.717, 1.165) is 13.0 Å². The van der Waals surface area contributed by atoms with E-state index in [4.69, 9.17) is 25.8 Å². The van der Waals surface area contributed by atoms with Gasteiger partial charge in [-0.25, -0.2) is 0 Å². The maximum atomic E-state index is 6.36. The molecule has 0 aromatic carbocycles. The van der Waals surface area contributed by atoms with Gasteiger partial charge in [0.2, 0.25) is 0 Å². The van der Waals surface area contributed by atoms with E-state index in [1.807, 2.05) is 0 Å². The number of rotatable bonds is 5. The predicted molar refractivity (Wildman–Crippen MR) is 56.3 cm³/mol. The van der Waals surface area contributed by atoms with Crippen LogP contribution in [0, 0.1) is 0 Å². The molecule has 3 aliphatic rings. The lowest BCUT2D eigenvalue weighted by molar-refractivity contribution is 0.0975. The van der Waals surface area contributed by atoms with E-state index in [0.29, 0.717) is 25.4 Å². The van der Waals surface area contributed by atoms with Gasteiger partial charge in [-0.15, -0.1) is 11.6 Å². The van der Waals surface area contributed by atoms with E-state index < -0.39 is 0 Å². The van der Waals surface area contributed by atoms with Crippen molar-refractivity contribution in [3.8, 4) is 0 Å². The number of hydrogen-bond acceptors (Lipinski definition) is 3. The zero-order valence-electron chi connectivity index (χ0n) is 8.78. The van der Waals surface area contributed by atoms with Gasteiger partial charge in [0.1, 0.15) is 11.7 Å². The molecule has 2 heterocycles. The average Bonchev–Trinajstić information content (AvgIpc) is 3.12. The number of halogens is 1. The molecule has 4 atom stereocenters. The van der Waals surface area contributed by atoms with Crippen molar-refractivity contribution >= 4 is 11.6 Å². The second kappa shape index (κ2) is 3.88. The van der Waals surface area contributed by atoms with Gasteiger partial charge in [-0.3, -0.25) is 0 Å². The molecule has 0 N–H and O–H groups in total. The highest BCUT2D eigenvalue weighted by atomic mass is 35.5. The molecule has 15 heavy (non-hydrogen) atoms. The lowest BCUT2D eigenvalue weighted by Gasteiger charge is -2.22. The highest BCUT2D eigenvalue weighted by Gasteiger charge is 2.61. The van der Waals surface area contributed by atoms with Gasteiger partial charge in [-0.2, -0.15) is 0 Å². The van der Waals surface area contributed by atoms with E-state index in [-0.39, 0.29) is 11.0 Å². The van der Waals surface area contributed by atoms with E-state index in [2.05, 4.69) is 0 Å². The van der Waals surface area contributed by atoms with Crippen LogP contribution in [0.15, 0.2) is 0 Å². The molecule has 0 radical (unpaired) electrons. The van der Waals surface area contributed by atoms with Crippen LogP contribution in [0.3, 0.4) is 0 Å². The smallest absolute Gasteiger partial charge is 0.113 e. The number of epoxide rings is 2. The summed E-state index contributed by atoms with van der Waals surface area (Å²) in [5, 5.41) is 0.0153. The molecule has 0 spiro atoms. The number of alkyl halides is 1. The fraction of sp³-hybridized carbons (Fsp3) is 1.00. The Labute approximate surface area is 95.0 Å². The minimum absolute atomic E-state index is 0.0153. The third kappa shape index (κ3) is 2.03. The number of hydrogen-bond donors (Lipinski definition) is 0. The Morgan fingerprint density at radius 2 is 2.33 bits per heavy atom. The van der Waals surface area contributed by atoms with Crippen molar-refractivity contribution < 1.29 is 14.2 Å². The van der Waals surface area contributed by atoms with Gasteiger partial charge in [0.15, 0.2) is 0 Å². The van der Waals surface area contributed by atoms with Crippen LogP contribution in [0.4, 0.5) is 0 Å². The normalized spacial score (nSPS) is 44.6. The summed E-state index contributed by atoms with van der Waals surface area (Å²) in [5.74, 6) is 0. The predicted octanol–water partition coefficient (Wildman–Crippen LogP) is 1.72. The molecule has 1 saturated carbocycles. The lowest BCUT2D eigenvalue weighted by Crippen LogP contribution is -2.34. The Bertz CT molecular complexity index is 244. The first kappa shape index (κ1) is 10.3. The second-order valence-electron chi connectivity index (χ2n) is 4.77. The number of fused-ring (bicyclic) bond motifs is 1. The van der Waals surface area contributed by atoms with Crippen molar-refractivity contribution in [2.45, 2.75) is 48.9 Å². The van der Waals surface area contributed by atoms with Gasteiger partial charge in [0.25, 0.3) is 0 Å². The first-order valence-corrected chi connectivity index (χ1v) is 6.26. The van der Waals surface area contributed by atoms with Crippen LogP contribution in [0.2, 0.25) is 0 Å². The Kier molecular flexibility index (Phi) is 2.67. The van der Waals surface area contributed by atoms with Crippen LogP contribution in [0.25, 0.3) is 0 Å². The highest BCUT2D eigenvalue weighted by Crippen LogP contribution is 2.51. The fourth-order valence-electron chi connectivity index (χ4n) is 2.53. The van der Waals surface area contributed by atoms with E-state index in [1.54, 1.807) is 0 Å². The molecule has 0 aromatic heterocycles. The summed E-state index contributed by atoms with van der Waals surface area (Å²) in [4.78, 5) is 0. The maximum Gasteiger partial charge on any atom is 0.113 e. The van der Waals surface area contributed by atoms with Crippen LogP contribution < -0.4 is 0 Å². The summed E-state index contributed by atoms with van der Waals surface area (Å²) >= 11 is 6.36. The average molecular weight is 233 g/mol. The van der Waals surface area contributed by atoms with Gasteiger partial charge in [-0.1, -0.05) is 12.8 Å². The third-order valence-electron chi connectivity index (χ3n) is 3.63. The molecule has 0 amide bonds. The molecule has 3 nitrogen and oxygen atoms in total.